The van der Waals surface area contributed by atoms with Gasteiger partial charge in [0, 0.05) is 12.0 Å². The van der Waals surface area contributed by atoms with E-state index in [1.165, 1.54) is 4.90 Å². The maximum atomic E-state index is 13.6. The van der Waals surface area contributed by atoms with E-state index in [-0.39, 0.29) is 30.2 Å². The Morgan fingerprint density at radius 3 is 2.53 bits per heavy atom. The summed E-state index contributed by atoms with van der Waals surface area (Å²) in [5.74, 6) is -1.50. The molecule has 1 aromatic rings. The number of hydrogen-bond donors (Lipinski definition) is 3. The first-order chi connectivity index (χ1) is 17.4. The van der Waals surface area contributed by atoms with Crippen molar-refractivity contribution in [1.82, 2.24) is 4.90 Å². The Labute approximate surface area is 214 Å². The summed E-state index contributed by atoms with van der Waals surface area (Å²) in [7, 11) is 0. The molecule has 6 nitrogen and oxygen atoms in total. The van der Waals surface area contributed by atoms with E-state index in [1.807, 2.05) is 25.1 Å². The number of hydrogen-bond acceptors (Lipinski definition) is 5. The van der Waals surface area contributed by atoms with Crippen molar-refractivity contribution >= 4 is 17.9 Å². The molecular weight excluding hydrogens is 454 g/mol. The van der Waals surface area contributed by atoms with E-state index in [9.17, 15) is 24.9 Å². The second-order valence-electron chi connectivity index (χ2n) is 10.7. The van der Waals surface area contributed by atoms with Gasteiger partial charge in [-0.2, -0.15) is 0 Å². The number of rotatable bonds is 9. The van der Waals surface area contributed by atoms with Crippen LogP contribution in [0.25, 0.3) is 6.08 Å². The summed E-state index contributed by atoms with van der Waals surface area (Å²) < 4.78 is 0. The highest BCUT2D eigenvalue weighted by Gasteiger charge is 2.56. The van der Waals surface area contributed by atoms with Crippen molar-refractivity contribution in [2.45, 2.75) is 90.2 Å². The van der Waals surface area contributed by atoms with Crippen molar-refractivity contribution in [1.29, 1.82) is 0 Å². The summed E-state index contributed by atoms with van der Waals surface area (Å²) in [6.07, 6.45) is 9.40. The quantitative estimate of drug-likeness (QED) is 0.332. The monoisotopic (exact) mass is 495 g/mol. The van der Waals surface area contributed by atoms with Crippen molar-refractivity contribution in [2.75, 3.05) is 6.61 Å². The molecule has 0 bridgehead atoms. The van der Waals surface area contributed by atoms with E-state index in [2.05, 4.69) is 6.92 Å². The molecule has 1 aliphatic heterocycles. The number of phenolic OH excluding ortho intramolecular Hbond substituents is 1. The molecule has 2 aliphatic carbocycles. The summed E-state index contributed by atoms with van der Waals surface area (Å²) in [5, 5.41) is 31.6. The van der Waals surface area contributed by atoms with Gasteiger partial charge in [0.1, 0.15) is 5.75 Å². The fourth-order valence-corrected chi connectivity index (χ4v) is 6.70. The van der Waals surface area contributed by atoms with Crippen molar-refractivity contribution in [3.05, 3.63) is 46.5 Å². The Morgan fingerprint density at radius 2 is 1.89 bits per heavy atom. The number of phenols is 1. The maximum Gasteiger partial charge on any atom is 0.234 e. The largest absolute Gasteiger partial charge is 0.508 e. The summed E-state index contributed by atoms with van der Waals surface area (Å²) in [4.78, 5) is 28.5. The number of aliphatic hydroxyl groups is 2. The lowest BCUT2D eigenvalue weighted by Crippen LogP contribution is -2.42. The molecule has 1 saturated carbocycles. The number of carbonyl (C=O) groups excluding carboxylic acids is 2. The SMILES string of the molecule is CCC1=C([C@H](O)CC/C(=C/c2cccc(O)c2)CC)[C@H](CO)[C@@H]2C(=O)N(C3CCCCC3)C(=O)[C@@H]2C1. The maximum absolute atomic E-state index is 13.6. The molecule has 2 fully saturated rings. The van der Waals surface area contributed by atoms with Crippen molar-refractivity contribution in [2.24, 2.45) is 17.8 Å². The average Bonchev–Trinajstić information content (AvgIpc) is 3.14. The van der Waals surface area contributed by atoms with Gasteiger partial charge < -0.3 is 15.3 Å². The van der Waals surface area contributed by atoms with Crippen LogP contribution >= 0.6 is 0 Å². The number of benzene rings is 1. The normalized spacial score (nSPS) is 26.5. The molecule has 0 spiro atoms. The van der Waals surface area contributed by atoms with Gasteiger partial charge in [0.15, 0.2) is 0 Å². The van der Waals surface area contributed by atoms with E-state index in [1.54, 1.807) is 12.1 Å². The number of nitrogens with zero attached hydrogens (tertiary/aromatic N) is 1. The Kier molecular flexibility index (Phi) is 8.68. The van der Waals surface area contributed by atoms with E-state index in [4.69, 9.17) is 0 Å². The first kappa shape index (κ1) is 26.6. The predicted octanol–water partition coefficient (Wildman–Crippen LogP) is 4.98. The van der Waals surface area contributed by atoms with Crippen LogP contribution in [-0.4, -0.2) is 50.8 Å². The van der Waals surface area contributed by atoms with Crippen molar-refractivity contribution in [3.8, 4) is 5.75 Å². The van der Waals surface area contributed by atoms with Crippen LogP contribution in [0.5, 0.6) is 5.75 Å². The van der Waals surface area contributed by atoms with Crippen molar-refractivity contribution in [3.63, 3.8) is 0 Å². The fraction of sp³-hybridized carbons (Fsp3) is 0.600. The molecule has 0 radical (unpaired) electrons. The Hall–Kier alpha value is -2.44. The Bertz CT molecular complexity index is 1020. The second kappa shape index (κ2) is 11.7. The van der Waals surface area contributed by atoms with Gasteiger partial charge in [-0.05, 0) is 68.2 Å². The number of aromatic hydroxyl groups is 1. The van der Waals surface area contributed by atoms with Gasteiger partial charge in [0.25, 0.3) is 0 Å². The van der Waals surface area contributed by atoms with E-state index >= 15 is 0 Å². The van der Waals surface area contributed by atoms with Gasteiger partial charge in [-0.3, -0.25) is 14.5 Å². The van der Waals surface area contributed by atoms with Crippen LogP contribution in [-0.2, 0) is 9.59 Å². The van der Waals surface area contributed by atoms with Gasteiger partial charge in [0.05, 0.1) is 24.5 Å². The Balaban J connectivity index is 1.54. The molecule has 1 heterocycles. The predicted molar refractivity (Wildman–Crippen MR) is 140 cm³/mol. The third kappa shape index (κ3) is 5.30. The molecule has 0 aromatic heterocycles. The summed E-state index contributed by atoms with van der Waals surface area (Å²) in [5.41, 5.74) is 3.87. The highest BCUT2D eigenvalue weighted by Crippen LogP contribution is 2.48. The standard InChI is InChI=1S/C30H41NO5/c1-3-19(15-20-9-8-12-23(33)16-20)13-14-26(34)27-21(4-2)17-24-28(25(27)18-32)30(36)31(29(24)35)22-10-6-5-7-11-22/h8-9,12,15-16,22,24-26,28,32-34H,3-7,10-11,13-14,17-18H2,1-2H3/b19-15+/t24-,25+,26-,28-/m1/s1. The van der Waals surface area contributed by atoms with E-state index < -0.39 is 23.9 Å². The molecule has 3 aliphatic rings. The lowest BCUT2D eigenvalue weighted by Gasteiger charge is -2.36. The summed E-state index contributed by atoms with van der Waals surface area (Å²) in [6.45, 7) is 3.85. The van der Waals surface area contributed by atoms with Gasteiger partial charge in [-0.25, -0.2) is 0 Å². The molecule has 4 rings (SSSR count). The molecule has 6 heteroatoms. The Morgan fingerprint density at radius 1 is 1.14 bits per heavy atom. The number of likely N-dealkylation sites (tertiary alicyclic amines) is 1. The number of allylic oxidation sites excluding steroid dienone is 2. The molecule has 4 atom stereocenters. The first-order valence-electron chi connectivity index (χ1n) is 13.8. The van der Waals surface area contributed by atoms with E-state index in [0.717, 1.165) is 60.8 Å². The molecular formula is C30H41NO5. The molecule has 1 aromatic carbocycles. The molecule has 3 N–H and O–H groups in total. The highest BCUT2D eigenvalue weighted by atomic mass is 16.3. The zero-order chi connectivity index (χ0) is 25.8. The minimum Gasteiger partial charge on any atom is -0.508 e. The molecule has 36 heavy (non-hydrogen) atoms. The fourth-order valence-electron chi connectivity index (χ4n) is 6.70. The van der Waals surface area contributed by atoms with Crippen LogP contribution in [0.3, 0.4) is 0 Å². The lowest BCUT2D eigenvalue weighted by molar-refractivity contribution is -0.143. The van der Waals surface area contributed by atoms with Crippen LogP contribution in [0.4, 0.5) is 0 Å². The zero-order valence-electron chi connectivity index (χ0n) is 21.7. The van der Waals surface area contributed by atoms with Gasteiger partial charge >= 0.3 is 0 Å². The minimum atomic E-state index is -0.774. The van der Waals surface area contributed by atoms with Gasteiger partial charge in [0.2, 0.25) is 11.8 Å². The molecule has 196 valence electrons. The molecule has 2 amide bonds. The summed E-state index contributed by atoms with van der Waals surface area (Å²) >= 11 is 0. The van der Waals surface area contributed by atoms with Crippen LogP contribution < -0.4 is 0 Å². The number of fused-ring (bicyclic) bond motifs is 1. The van der Waals surface area contributed by atoms with Gasteiger partial charge in [-0.1, -0.05) is 62.5 Å². The van der Waals surface area contributed by atoms with Crippen molar-refractivity contribution < 1.29 is 24.9 Å². The number of amides is 2. The lowest BCUT2D eigenvalue weighted by atomic mass is 9.67. The number of aliphatic hydroxyl groups excluding tert-OH is 2. The van der Waals surface area contributed by atoms with Gasteiger partial charge in [-0.15, -0.1) is 0 Å². The number of imide groups is 1. The molecule has 0 unspecified atom stereocenters. The van der Waals surface area contributed by atoms with E-state index in [0.29, 0.717) is 25.7 Å². The third-order valence-electron chi connectivity index (χ3n) is 8.57. The van der Waals surface area contributed by atoms with Crippen LogP contribution in [0.2, 0.25) is 0 Å². The average molecular weight is 496 g/mol. The van der Waals surface area contributed by atoms with Crippen LogP contribution in [0.1, 0.15) is 83.6 Å². The highest BCUT2D eigenvalue weighted by molar-refractivity contribution is 6.06. The zero-order valence-corrected chi connectivity index (χ0v) is 21.7. The smallest absolute Gasteiger partial charge is 0.234 e. The third-order valence-corrected chi connectivity index (χ3v) is 8.57. The first-order valence-corrected chi connectivity index (χ1v) is 13.8. The molecule has 1 saturated heterocycles. The topological polar surface area (TPSA) is 98.1 Å². The van der Waals surface area contributed by atoms with Crippen LogP contribution in [0.15, 0.2) is 41.0 Å². The van der Waals surface area contributed by atoms with Crippen LogP contribution in [0, 0.1) is 17.8 Å². The minimum absolute atomic E-state index is 0.0168. The number of carbonyl (C=O) groups is 2. The second-order valence-corrected chi connectivity index (χ2v) is 10.7. The summed E-state index contributed by atoms with van der Waals surface area (Å²) in [6, 6.07) is 7.09.